The molecule has 2 fully saturated rings. The van der Waals surface area contributed by atoms with Crippen molar-refractivity contribution in [2.24, 2.45) is 5.92 Å². The third kappa shape index (κ3) is 4.38. The number of nitrogens with zero attached hydrogens (tertiary/aromatic N) is 2. The monoisotopic (exact) mass is 318 g/mol. The molecule has 0 aromatic heterocycles. The highest BCUT2D eigenvalue weighted by atomic mass is 16.5. The predicted octanol–water partition coefficient (Wildman–Crippen LogP) is 2.54. The maximum absolute atomic E-state index is 12.6. The molecule has 0 bridgehead atoms. The second-order valence-electron chi connectivity index (χ2n) is 6.46. The standard InChI is InChI=1S/C18H26N2O3/c1-15-4-6-17(7-5-15)23-14-16-3-2-8-20(13-16)18(21)19-9-11-22-12-10-19/h4-7,16H,2-3,8-14H2,1H3. The fourth-order valence-corrected chi connectivity index (χ4v) is 3.18. The van der Waals surface area contributed by atoms with Gasteiger partial charge in [0.05, 0.1) is 19.8 Å². The average molecular weight is 318 g/mol. The van der Waals surface area contributed by atoms with Crippen molar-refractivity contribution < 1.29 is 14.3 Å². The Kier molecular flexibility index (Phi) is 5.39. The van der Waals surface area contributed by atoms with Crippen LogP contribution in [0, 0.1) is 12.8 Å². The molecule has 126 valence electrons. The van der Waals surface area contributed by atoms with Crippen molar-refractivity contribution in [3.05, 3.63) is 29.8 Å². The minimum Gasteiger partial charge on any atom is -0.493 e. The van der Waals surface area contributed by atoms with Gasteiger partial charge in [0.25, 0.3) is 0 Å². The summed E-state index contributed by atoms with van der Waals surface area (Å²) >= 11 is 0. The molecule has 2 aliphatic heterocycles. The van der Waals surface area contributed by atoms with Crippen molar-refractivity contribution in [2.75, 3.05) is 46.0 Å². The molecule has 2 amide bonds. The number of hydrogen-bond donors (Lipinski definition) is 0. The van der Waals surface area contributed by atoms with Crippen LogP contribution in [0.15, 0.2) is 24.3 Å². The average Bonchev–Trinajstić information content (AvgIpc) is 2.61. The Balaban J connectivity index is 1.49. The van der Waals surface area contributed by atoms with Crippen LogP contribution in [-0.2, 0) is 4.74 Å². The van der Waals surface area contributed by atoms with E-state index >= 15 is 0 Å². The first-order valence-electron chi connectivity index (χ1n) is 8.53. The SMILES string of the molecule is Cc1ccc(OCC2CCCN(C(=O)N3CCOCC3)C2)cc1. The molecule has 0 radical (unpaired) electrons. The molecule has 23 heavy (non-hydrogen) atoms. The van der Waals surface area contributed by atoms with Gasteiger partial charge < -0.3 is 19.3 Å². The van der Waals surface area contributed by atoms with E-state index in [1.165, 1.54) is 5.56 Å². The summed E-state index contributed by atoms with van der Waals surface area (Å²) in [7, 11) is 0. The first-order chi connectivity index (χ1) is 11.2. The summed E-state index contributed by atoms with van der Waals surface area (Å²) in [4.78, 5) is 16.5. The summed E-state index contributed by atoms with van der Waals surface area (Å²) in [6.07, 6.45) is 2.18. The zero-order valence-electron chi connectivity index (χ0n) is 13.9. The van der Waals surface area contributed by atoms with Crippen molar-refractivity contribution in [1.29, 1.82) is 0 Å². The Hall–Kier alpha value is -1.75. The van der Waals surface area contributed by atoms with E-state index in [1.54, 1.807) is 0 Å². The number of carbonyl (C=O) groups is 1. The quantitative estimate of drug-likeness (QED) is 0.860. The summed E-state index contributed by atoms with van der Waals surface area (Å²) in [5.74, 6) is 1.32. The van der Waals surface area contributed by atoms with E-state index in [1.807, 2.05) is 21.9 Å². The molecular weight excluding hydrogens is 292 g/mol. The van der Waals surface area contributed by atoms with Crippen LogP contribution >= 0.6 is 0 Å². The maximum atomic E-state index is 12.6. The summed E-state index contributed by atoms with van der Waals surface area (Å²) in [5, 5.41) is 0. The topological polar surface area (TPSA) is 42.0 Å². The number of benzene rings is 1. The van der Waals surface area contributed by atoms with Crippen molar-refractivity contribution in [1.82, 2.24) is 9.80 Å². The van der Waals surface area contributed by atoms with Crippen LogP contribution in [0.4, 0.5) is 4.79 Å². The molecule has 0 N–H and O–H groups in total. The van der Waals surface area contributed by atoms with Crippen molar-refractivity contribution in [3.63, 3.8) is 0 Å². The van der Waals surface area contributed by atoms with Crippen LogP contribution in [0.3, 0.4) is 0 Å². The van der Waals surface area contributed by atoms with Gasteiger partial charge in [-0.15, -0.1) is 0 Å². The molecule has 2 heterocycles. The summed E-state index contributed by atoms with van der Waals surface area (Å²) in [6, 6.07) is 8.30. The highest BCUT2D eigenvalue weighted by Crippen LogP contribution is 2.20. The van der Waals surface area contributed by atoms with Gasteiger partial charge in [-0.25, -0.2) is 4.79 Å². The fraction of sp³-hybridized carbons (Fsp3) is 0.611. The molecular formula is C18H26N2O3. The highest BCUT2D eigenvalue weighted by molar-refractivity contribution is 5.74. The lowest BCUT2D eigenvalue weighted by atomic mass is 9.99. The Labute approximate surface area is 138 Å². The summed E-state index contributed by atoms with van der Waals surface area (Å²) in [6.45, 7) is 7.12. The van der Waals surface area contributed by atoms with E-state index in [9.17, 15) is 4.79 Å². The van der Waals surface area contributed by atoms with E-state index in [0.29, 0.717) is 38.8 Å². The number of aryl methyl sites for hydroxylation is 1. The van der Waals surface area contributed by atoms with E-state index in [0.717, 1.165) is 31.7 Å². The van der Waals surface area contributed by atoms with Crippen molar-refractivity contribution >= 4 is 6.03 Å². The van der Waals surface area contributed by atoms with Gasteiger partial charge >= 0.3 is 6.03 Å². The zero-order chi connectivity index (χ0) is 16.1. The van der Waals surface area contributed by atoms with Gasteiger partial charge in [0, 0.05) is 32.1 Å². The Bertz CT molecular complexity index is 512. The summed E-state index contributed by atoms with van der Waals surface area (Å²) < 4.78 is 11.2. The molecule has 3 rings (SSSR count). The molecule has 2 saturated heterocycles. The van der Waals surface area contributed by atoms with E-state index in [-0.39, 0.29) is 6.03 Å². The first-order valence-corrected chi connectivity index (χ1v) is 8.53. The molecule has 5 nitrogen and oxygen atoms in total. The van der Waals surface area contributed by atoms with Crippen LogP contribution in [-0.4, -0.2) is 61.8 Å². The second kappa shape index (κ2) is 7.68. The van der Waals surface area contributed by atoms with Crippen molar-refractivity contribution in [3.8, 4) is 5.75 Å². The molecule has 0 aliphatic carbocycles. The molecule has 1 unspecified atom stereocenters. The van der Waals surface area contributed by atoms with Gasteiger partial charge in [-0.1, -0.05) is 17.7 Å². The number of ether oxygens (including phenoxy) is 2. The number of hydrogen-bond acceptors (Lipinski definition) is 3. The van der Waals surface area contributed by atoms with Gasteiger partial charge in [0.15, 0.2) is 0 Å². The Morgan fingerprint density at radius 2 is 1.91 bits per heavy atom. The lowest BCUT2D eigenvalue weighted by Gasteiger charge is -2.37. The number of piperidine rings is 1. The third-order valence-electron chi connectivity index (χ3n) is 4.58. The van der Waals surface area contributed by atoms with E-state index < -0.39 is 0 Å². The largest absolute Gasteiger partial charge is 0.493 e. The lowest BCUT2D eigenvalue weighted by molar-refractivity contribution is 0.0374. The first kappa shape index (κ1) is 16.1. The molecule has 0 saturated carbocycles. The van der Waals surface area contributed by atoms with Crippen LogP contribution in [0.5, 0.6) is 5.75 Å². The number of rotatable bonds is 3. The van der Waals surface area contributed by atoms with Crippen LogP contribution < -0.4 is 4.74 Å². The molecule has 1 aromatic rings. The lowest BCUT2D eigenvalue weighted by Crippen LogP contribution is -2.51. The number of likely N-dealkylation sites (tertiary alicyclic amines) is 1. The minimum atomic E-state index is 0.160. The predicted molar refractivity (Wildman–Crippen MR) is 88.8 cm³/mol. The number of carbonyl (C=O) groups excluding carboxylic acids is 1. The fourth-order valence-electron chi connectivity index (χ4n) is 3.18. The van der Waals surface area contributed by atoms with Gasteiger partial charge in [0.1, 0.15) is 5.75 Å². The number of amides is 2. The Morgan fingerprint density at radius 3 is 2.65 bits per heavy atom. The summed E-state index contributed by atoms with van der Waals surface area (Å²) in [5.41, 5.74) is 1.23. The number of morpholine rings is 1. The highest BCUT2D eigenvalue weighted by Gasteiger charge is 2.28. The minimum absolute atomic E-state index is 0.160. The van der Waals surface area contributed by atoms with Gasteiger partial charge in [-0.3, -0.25) is 0 Å². The van der Waals surface area contributed by atoms with Gasteiger partial charge in [-0.2, -0.15) is 0 Å². The third-order valence-corrected chi connectivity index (χ3v) is 4.58. The second-order valence-corrected chi connectivity index (χ2v) is 6.46. The molecule has 0 spiro atoms. The smallest absolute Gasteiger partial charge is 0.320 e. The van der Waals surface area contributed by atoms with Crippen LogP contribution in [0.1, 0.15) is 18.4 Å². The van der Waals surface area contributed by atoms with Gasteiger partial charge in [-0.05, 0) is 31.9 Å². The molecule has 1 atom stereocenters. The van der Waals surface area contributed by atoms with Gasteiger partial charge in [0.2, 0.25) is 0 Å². The van der Waals surface area contributed by atoms with Crippen LogP contribution in [0.25, 0.3) is 0 Å². The normalized spacial score (nSPS) is 22.0. The Morgan fingerprint density at radius 1 is 1.17 bits per heavy atom. The molecule has 5 heteroatoms. The van der Waals surface area contributed by atoms with E-state index in [4.69, 9.17) is 9.47 Å². The molecule has 1 aromatic carbocycles. The van der Waals surface area contributed by atoms with Crippen molar-refractivity contribution in [2.45, 2.75) is 19.8 Å². The molecule has 2 aliphatic rings. The van der Waals surface area contributed by atoms with E-state index in [2.05, 4.69) is 19.1 Å². The number of urea groups is 1. The van der Waals surface area contributed by atoms with Crippen LogP contribution in [0.2, 0.25) is 0 Å². The maximum Gasteiger partial charge on any atom is 0.320 e. The zero-order valence-corrected chi connectivity index (χ0v) is 13.9.